The van der Waals surface area contributed by atoms with Crippen molar-refractivity contribution in [1.29, 1.82) is 0 Å². The van der Waals surface area contributed by atoms with Crippen LogP contribution in [0.2, 0.25) is 0 Å². The Labute approximate surface area is 188 Å². The van der Waals surface area contributed by atoms with E-state index in [1.165, 1.54) is 23.3 Å². The second-order valence-corrected chi connectivity index (χ2v) is 7.87. The van der Waals surface area contributed by atoms with Crippen LogP contribution in [-0.2, 0) is 14.3 Å². The fourth-order valence-electron chi connectivity index (χ4n) is 3.40. The number of thiophene rings is 1. The highest BCUT2D eigenvalue weighted by Crippen LogP contribution is 2.36. The molecule has 1 aromatic heterocycles. The second-order valence-electron chi connectivity index (χ2n) is 6.93. The number of carbonyl (C=O) groups is 4. The van der Waals surface area contributed by atoms with Gasteiger partial charge < -0.3 is 19.9 Å². The van der Waals surface area contributed by atoms with E-state index in [-0.39, 0.29) is 30.7 Å². The predicted octanol–water partition coefficient (Wildman–Crippen LogP) is 3.35. The van der Waals surface area contributed by atoms with E-state index in [2.05, 4.69) is 5.32 Å². The Kier molecular flexibility index (Phi) is 7.26. The van der Waals surface area contributed by atoms with E-state index < -0.39 is 30.0 Å². The normalized spacial score (nSPS) is 15.9. The highest BCUT2D eigenvalue weighted by atomic mass is 32.1. The van der Waals surface area contributed by atoms with Gasteiger partial charge in [0, 0.05) is 24.2 Å². The largest absolute Gasteiger partial charge is 0.481 e. The topological polar surface area (TPSA) is 122 Å². The first-order valence-corrected chi connectivity index (χ1v) is 10.6. The zero-order valence-corrected chi connectivity index (χ0v) is 18.3. The number of carboxylic acid groups (broad SMARTS) is 1. The number of benzene rings is 1. The Morgan fingerprint density at radius 1 is 1.16 bits per heavy atom. The zero-order valence-electron chi connectivity index (χ0n) is 17.5. The van der Waals surface area contributed by atoms with Gasteiger partial charge in [-0.1, -0.05) is 24.3 Å². The first-order valence-electron chi connectivity index (χ1n) is 9.77. The minimum atomic E-state index is -0.975. The number of hydrogen-bond donors (Lipinski definition) is 2. The van der Waals surface area contributed by atoms with Crippen LogP contribution in [0, 0.1) is 0 Å². The van der Waals surface area contributed by atoms with Gasteiger partial charge in [0.2, 0.25) is 0 Å². The molecule has 1 aromatic carbocycles. The summed E-state index contributed by atoms with van der Waals surface area (Å²) in [6, 6.07) is 8.56. The molecular formula is C22H22N2O7S. The van der Waals surface area contributed by atoms with E-state index in [1.54, 1.807) is 48.7 Å². The van der Waals surface area contributed by atoms with Gasteiger partial charge >= 0.3 is 23.9 Å². The molecule has 2 aromatic rings. The smallest absolute Gasteiger partial charge is 0.353 e. The molecule has 0 spiro atoms. The fraction of sp³-hybridized carbons (Fsp3) is 0.273. The van der Waals surface area contributed by atoms with Crippen molar-refractivity contribution in [2.24, 2.45) is 0 Å². The maximum absolute atomic E-state index is 12.8. The van der Waals surface area contributed by atoms with Crippen molar-refractivity contribution in [1.82, 2.24) is 10.2 Å². The molecule has 0 saturated carbocycles. The molecule has 0 bridgehead atoms. The van der Waals surface area contributed by atoms with E-state index in [1.807, 2.05) is 0 Å². The lowest BCUT2D eigenvalue weighted by molar-refractivity contribution is -0.138. The molecule has 2 N–H and O–H groups in total. The summed E-state index contributed by atoms with van der Waals surface area (Å²) in [5.41, 5.74) is 0.924. The molecule has 2 amide bonds. The molecule has 1 unspecified atom stereocenters. The van der Waals surface area contributed by atoms with E-state index >= 15 is 0 Å². The van der Waals surface area contributed by atoms with Crippen LogP contribution in [0.3, 0.4) is 0 Å². The molecular weight excluding hydrogens is 436 g/mol. The summed E-state index contributed by atoms with van der Waals surface area (Å²) in [6.07, 6.45) is 0.101. The number of amides is 2. The monoisotopic (exact) mass is 458 g/mol. The lowest BCUT2D eigenvalue weighted by Crippen LogP contribution is -2.48. The molecule has 1 atom stereocenters. The lowest BCUT2D eigenvalue weighted by atomic mass is 9.94. The Hall–Kier alpha value is -3.66. The third-order valence-corrected chi connectivity index (χ3v) is 5.78. The number of aliphatic carboxylic acids is 1. The van der Waals surface area contributed by atoms with Crippen LogP contribution in [0.15, 0.2) is 53.0 Å². The minimum absolute atomic E-state index is 0.116. The average Bonchev–Trinajstić information content (AvgIpc) is 3.30. The van der Waals surface area contributed by atoms with Crippen LogP contribution in [0.5, 0.6) is 5.75 Å². The third kappa shape index (κ3) is 4.97. The molecule has 0 fully saturated rings. The summed E-state index contributed by atoms with van der Waals surface area (Å²) in [5.74, 6) is -1.98. The van der Waals surface area contributed by atoms with Gasteiger partial charge in [-0.15, -0.1) is 11.3 Å². The molecule has 9 nitrogen and oxygen atoms in total. The molecule has 32 heavy (non-hydrogen) atoms. The number of methoxy groups -OCH3 is 1. The van der Waals surface area contributed by atoms with Gasteiger partial charge in [0.1, 0.15) is 10.6 Å². The summed E-state index contributed by atoms with van der Waals surface area (Å²) < 4.78 is 10.5. The first-order chi connectivity index (χ1) is 15.3. The van der Waals surface area contributed by atoms with E-state index in [9.17, 15) is 19.2 Å². The summed E-state index contributed by atoms with van der Waals surface area (Å²) in [7, 11) is 1.23. The van der Waals surface area contributed by atoms with Crippen LogP contribution in [-0.4, -0.2) is 47.6 Å². The maximum Gasteiger partial charge on any atom is 0.353 e. The van der Waals surface area contributed by atoms with Gasteiger partial charge in [-0.3, -0.25) is 9.69 Å². The predicted molar refractivity (Wildman–Crippen MR) is 115 cm³/mol. The summed E-state index contributed by atoms with van der Waals surface area (Å²) in [4.78, 5) is 50.5. The van der Waals surface area contributed by atoms with E-state index in [4.69, 9.17) is 14.6 Å². The molecule has 1 aliphatic rings. The number of esters is 2. The Balaban J connectivity index is 1.97. The van der Waals surface area contributed by atoms with Crippen LogP contribution >= 0.6 is 11.3 Å². The first kappa shape index (κ1) is 23.0. The van der Waals surface area contributed by atoms with E-state index in [0.717, 1.165) is 0 Å². The molecule has 0 saturated heterocycles. The number of carbonyl (C=O) groups excluding carboxylic acids is 3. The number of rotatable bonds is 8. The molecule has 10 heteroatoms. The molecule has 1 aliphatic heterocycles. The average molecular weight is 458 g/mol. The van der Waals surface area contributed by atoms with Gasteiger partial charge in [-0.05, 0) is 30.9 Å². The van der Waals surface area contributed by atoms with Crippen molar-refractivity contribution in [3.8, 4) is 5.75 Å². The number of para-hydroxylation sites is 1. The van der Waals surface area contributed by atoms with Crippen molar-refractivity contribution in [3.05, 3.63) is 63.5 Å². The summed E-state index contributed by atoms with van der Waals surface area (Å²) in [6.45, 7) is 1.71. The Morgan fingerprint density at radius 3 is 2.56 bits per heavy atom. The highest BCUT2D eigenvalue weighted by molar-refractivity contribution is 7.12. The molecule has 3 rings (SSSR count). The van der Waals surface area contributed by atoms with Crippen molar-refractivity contribution >= 4 is 35.3 Å². The molecule has 168 valence electrons. The standard InChI is InChI=1S/C22H22N2O7S/c1-13-18(21(28)30-2)19(23-22(29)24(13)11-5-10-17(25)26)14-7-3-4-8-15(14)31-20(27)16-9-6-12-32-16/h3-4,6-9,12,19H,5,10-11H2,1-2H3,(H,23,29)(H,25,26). The number of ether oxygens (including phenoxy) is 2. The van der Waals surface area contributed by atoms with Crippen molar-refractivity contribution in [2.75, 3.05) is 13.7 Å². The van der Waals surface area contributed by atoms with Crippen LogP contribution < -0.4 is 10.1 Å². The van der Waals surface area contributed by atoms with Gasteiger partial charge in [-0.25, -0.2) is 14.4 Å². The number of nitrogens with one attached hydrogen (secondary N) is 1. The molecule has 0 radical (unpaired) electrons. The highest BCUT2D eigenvalue weighted by Gasteiger charge is 2.37. The van der Waals surface area contributed by atoms with Crippen molar-refractivity contribution in [3.63, 3.8) is 0 Å². The van der Waals surface area contributed by atoms with Gasteiger partial charge in [0.25, 0.3) is 0 Å². The van der Waals surface area contributed by atoms with Crippen LogP contribution in [0.1, 0.15) is 41.0 Å². The van der Waals surface area contributed by atoms with Crippen LogP contribution in [0.25, 0.3) is 0 Å². The summed E-state index contributed by atoms with van der Waals surface area (Å²) >= 11 is 1.24. The fourth-order valence-corrected chi connectivity index (χ4v) is 4.00. The van der Waals surface area contributed by atoms with Crippen LogP contribution in [0.4, 0.5) is 4.79 Å². The number of allylic oxidation sites excluding steroid dienone is 1. The van der Waals surface area contributed by atoms with Gasteiger partial charge in [-0.2, -0.15) is 0 Å². The Bertz CT molecular complexity index is 1060. The van der Waals surface area contributed by atoms with E-state index in [0.29, 0.717) is 16.1 Å². The number of nitrogens with zero attached hydrogens (tertiary/aromatic N) is 1. The Morgan fingerprint density at radius 2 is 1.91 bits per heavy atom. The third-order valence-electron chi connectivity index (χ3n) is 4.93. The second kappa shape index (κ2) is 10.1. The minimum Gasteiger partial charge on any atom is -0.481 e. The number of hydrogen-bond acceptors (Lipinski definition) is 7. The number of carboxylic acids is 1. The van der Waals surface area contributed by atoms with Gasteiger partial charge in [0.05, 0.1) is 18.7 Å². The summed E-state index contributed by atoms with van der Waals surface area (Å²) in [5, 5.41) is 13.4. The van der Waals surface area contributed by atoms with Crippen molar-refractivity contribution < 1.29 is 33.8 Å². The SMILES string of the molecule is COC(=O)C1=C(C)N(CCCC(=O)O)C(=O)NC1c1ccccc1OC(=O)c1cccs1. The van der Waals surface area contributed by atoms with Crippen molar-refractivity contribution in [2.45, 2.75) is 25.8 Å². The number of urea groups is 1. The maximum atomic E-state index is 12.8. The quantitative estimate of drug-likeness (QED) is 0.459. The zero-order chi connectivity index (χ0) is 23.3. The lowest BCUT2D eigenvalue weighted by Gasteiger charge is -2.35. The van der Waals surface area contributed by atoms with Gasteiger partial charge in [0.15, 0.2) is 0 Å². The molecule has 2 heterocycles. The molecule has 0 aliphatic carbocycles.